The molecule has 2 rings (SSSR count). The van der Waals surface area contributed by atoms with E-state index >= 15 is 0 Å². The van der Waals surface area contributed by atoms with Gasteiger partial charge < -0.3 is 5.32 Å². The van der Waals surface area contributed by atoms with Crippen molar-refractivity contribution < 1.29 is 4.21 Å². The molecule has 1 aliphatic carbocycles. The van der Waals surface area contributed by atoms with Crippen molar-refractivity contribution in [2.24, 2.45) is 5.92 Å². The van der Waals surface area contributed by atoms with Gasteiger partial charge in [-0.1, -0.05) is 51.5 Å². The van der Waals surface area contributed by atoms with Crippen LogP contribution in [0.5, 0.6) is 0 Å². The first kappa shape index (κ1) is 14.7. The predicted octanol–water partition coefficient (Wildman–Crippen LogP) is 3.06. The minimum Gasteiger partial charge on any atom is -0.309 e. The molecule has 1 aromatic carbocycles. The number of benzene rings is 1. The molecule has 0 saturated carbocycles. The van der Waals surface area contributed by atoms with E-state index < -0.39 is 10.8 Å². The van der Waals surface area contributed by atoms with E-state index in [9.17, 15) is 4.21 Å². The van der Waals surface area contributed by atoms with Crippen LogP contribution in [0.15, 0.2) is 24.3 Å². The van der Waals surface area contributed by atoms with Gasteiger partial charge in [0.05, 0.1) is 5.25 Å². The van der Waals surface area contributed by atoms with Crippen LogP contribution in [0.1, 0.15) is 44.4 Å². The molecule has 19 heavy (non-hydrogen) atoms. The zero-order valence-corrected chi connectivity index (χ0v) is 13.0. The van der Waals surface area contributed by atoms with Crippen LogP contribution in [0.25, 0.3) is 0 Å². The molecule has 4 unspecified atom stereocenters. The van der Waals surface area contributed by atoms with E-state index in [4.69, 9.17) is 0 Å². The van der Waals surface area contributed by atoms with E-state index in [1.165, 1.54) is 11.1 Å². The number of hydrogen-bond donors (Lipinski definition) is 1. The third-order valence-corrected chi connectivity index (χ3v) is 6.10. The number of hydrogen-bond acceptors (Lipinski definition) is 2. The Morgan fingerprint density at radius 3 is 2.79 bits per heavy atom. The van der Waals surface area contributed by atoms with Crippen LogP contribution in [-0.2, 0) is 17.2 Å². The second-order valence-corrected chi connectivity index (χ2v) is 7.24. The summed E-state index contributed by atoms with van der Waals surface area (Å²) in [6.45, 7) is 7.42. The maximum atomic E-state index is 12.6. The van der Waals surface area contributed by atoms with Gasteiger partial charge in [0.2, 0.25) is 0 Å². The first-order chi connectivity index (χ1) is 9.17. The molecular weight excluding hydrogens is 254 g/mol. The Bertz CT molecular complexity index is 446. The third-order valence-electron chi connectivity index (χ3n) is 4.09. The molecule has 1 aromatic rings. The molecule has 0 spiro atoms. The summed E-state index contributed by atoms with van der Waals surface area (Å²) in [5, 5.41) is 3.77. The van der Waals surface area contributed by atoms with E-state index in [-0.39, 0.29) is 11.3 Å². The lowest BCUT2D eigenvalue weighted by atomic mass is 10.1. The second-order valence-electron chi connectivity index (χ2n) is 5.54. The van der Waals surface area contributed by atoms with Gasteiger partial charge in [-0.05, 0) is 30.0 Å². The molecule has 2 nitrogen and oxygen atoms in total. The van der Waals surface area contributed by atoms with Gasteiger partial charge in [-0.15, -0.1) is 0 Å². The first-order valence-corrected chi connectivity index (χ1v) is 8.73. The summed E-state index contributed by atoms with van der Waals surface area (Å²) in [4.78, 5) is 0. The van der Waals surface area contributed by atoms with Gasteiger partial charge in [0.15, 0.2) is 0 Å². The molecule has 1 aliphatic rings. The molecule has 0 radical (unpaired) electrons. The van der Waals surface area contributed by atoms with Crippen molar-refractivity contribution in [2.75, 3.05) is 12.3 Å². The minimum atomic E-state index is -0.746. The van der Waals surface area contributed by atoms with E-state index in [2.05, 4.69) is 50.4 Å². The molecule has 1 N–H and O–H groups in total. The number of fused-ring (bicyclic) bond motifs is 1. The second kappa shape index (κ2) is 6.67. The van der Waals surface area contributed by atoms with Gasteiger partial charge >= 0.3 is 0 Å². The lowest BCUT2D eigenvalue weighted by Crippen LogP contribution is -2.33. The lowest BCUT2D eigenvalue weighted by Gasteiger charge is -2.22. The van der Waals surface area contributed by atoms with Crippen molar-refractivity contribution >= 4 is 10.8 Å². The molecular formula is C16H25NOS. The van der Waals surface area contributed by atoms with E-state index in [0.29, 0.717) is 5.92 Å². The maximum absolute atomic E-state index is 12.6. The highest BCUT2D eigenvalue weighted by Crippen LogP contribution is 2.34. The summed E-state index contributed by atoms with van der Waals surface area (Å²) in [5.74, 6) is 1.38. The number of nitrogens with one attached hydrogen (secondary N) is 1. The Labute approximate surface area is 119 Å². The van der Waals surface area contributed by atoms with Crippen molar-refractivity contribution in [1.82, 2.24) is 5.32 Å². The van der Waals surface area contributed by atoms with Crippen molar-refractivity contribution in [3.63, 3.8) is 0 Å². The Kier molecular flexibility index (Phi) is 5.17. The molecule has 0 heterocycles. The smallest absolute Gasteiger partial charge is 0.0583 e. The highest BCUT2D eigenvalue weighted by molar-refractivity contribution is 7.85. The van der Waals surface area contributed by atoms with Crippen molar-refractivity contribution in [1.29, 1.82) is 0 Å². The molecule has 0 amide bonds. The van der Waals surface area contributed by atoms with Gasteiger partial charge in [-0.3, -0.25) is 4.21 Å². The normalized spacial score (nSPS) is 25.0. The molecule has 4 atom stereocenters. The van der Waals surface area contributed by atoms with Crippen LogP contribution in [0.3, 0.4) is 0 Å². The molecule has 0 fully saturated rings. The van der Waals surface area contributed by atoms with Gasteiger partial charge in [-0.25, -0.2) is 0 Å². The summed E-state index contributed by atoms with van der Waals surface area (Å²) in [7, 11) is -0.746. The predicted molar refractivity (Wildman–Crippen MR) is 82.8 cm³/mol. The van der Waals surface area contributed by atoms with Crippen LogP contribution in [0.2, 0.25) is 0 Å². The standard InChI is InChI=1S/C16H25NOS/c1-4-12(3)11-19(18)15-10-13-8-6-7-9-14(13)16(15)17-5-2/h6-9,12,15-17H,4-5,10-11H2,1-3H3. The third kappa shape index (κ3) is 3.26. The quantitative estimate of drug-likeness (QED) is 0.867. The van der Waals surface area contributed by atoms with Crippen molar-refractivity contribution in [3.05, 3.63) is 35.4 Å². The van der Waals surface area contributed by atoms with Crippen LogP contribution >= 0.6 is 0 Å². The molecule has 0 aliphatic heterocycles. The molecule has 106 valence electrons. The first-order valence-electron chi connectivity index (χ1n) is 7.35. The van der Waals surface area contributed by atoms with Gasteiger partial charge in [-0.2, -0.15) is 0 Å². The highest BCUT2D eigenvalue weighted by Gasteiger charge is 2.35. The van der Waals surface area contributed by atoms with Crippen molar-refractivity contribution in [3.8, 4) is 0 Å². The Balaban J connectivity index is 2.16. The van der Waals surface area contributed by atoms with Gasteiger partial charge in [0.25, 0.3) is 0 Å². The maximum Gasteiger partial charge on any atom is 0.0583 e. The largest absolute Gasteiger partial charge is 0.309 e. The molecule has 3 heteroatoms. The lowest BCUT2D eigenvalue weighted by molar-refractivity contribution is 0.539. The summed E-state index contributed by atoms with van der Waals surface area (Å²) in [6.07, 6.45) is 2.06. The zero-order chi connectivity index (χ0) is 13.8. The van der Waals surface area contributed by atoms with E-state index in [1.807, 2.05) is 0 Å². The SMILES string of the molecule is CCNC1c2ccccc2CC1S(=O)CC(C)CC. The average Bonchev–Trinajstić information content (AvgIpc) is 2.78. The number of rotatable bonds is 6. The highest BCUT2D eigenvalue weighted by atomic mass is 32.2. The van der Waals surface area contributed by atoms with Crippen molar-refractivity contribution in [2.45, 2.75) is 44.9 Å². The molecule has 0 bridgehead atoms. The summed E-state index contributed by atoms with van der Waals surface area (Å²) < 4.78 is 12.6. The summed E-state index contributed by atoms with van der Waals surface area (Å²) in [6, 6.07) is 8.81. The summed E-state index contributed by atoms with van der Waals surface area (Å²) >= 11 is 0. The Morgan fingerprint density at radius 2 is 2.11 bits per heavy atom. The Morgan fingerprint density at radius 1 is 1.37 bits per heavy atom. The minimum absolute atomic E-state index is 0.242. The van der Waals surface area contributed by atoms with Crippen LogP contribution < -0.4 is 5.32 Å². The molecule has 0 saturated heterocycles. The van der Waals surface area contributed by atoms with Gasteiger partial charge in [0.1, 0.15) is 0 Å². The van der Waals surface area contributed by atoms with E-state index in [1.54, 1.807) is 0 Å². The molecule has 0 aromatic heterocycles. The van der Waals surface area contributed by atoms with E-state index in [0.717, 1.165) is 25.1 Å². The fourth-order valence-corrected chi connectivity index (χ4v) is 4.74. The fourth-order valence-electron chi connectivity index (χ4n) is 2.79. The average molecular weight is 279 g/mol. The van der Waals surface area contributed by atoms with Gasteiger partial charge in [0, 0.05) is 22.6 Å². The summed E-state index contributed by atoms with van der Waals surface area (Å²) in [5.41, 5.74) is 2.72. The zero-order valence-electron chi connectivity index (χ0n) is 12.2. The van der Waals surface area contributed by atoms with Crippen LogP contribution in [0.4, 0.5) is 0 Å². The van der Waals surface area contributed by atoms with Crippen LogP contribution in [0, 0.1) is 5.92 Å². The van der Waals surface area contributed by atoms with Crippen LogP contribution in [-0.4, -0.2) is 21.8 Å². The topological polar surface area (TPSA) is 29.1 Å². The monoisotopic (exact) mass is 279 g/mol. The fraction of sp³-hybridized carbons (Fsp3) is 0.625. The Hall–Kier alpha value is -0.670.